The van der Waals surface area contributed by atoms with Crippen LogP contribution in [0.5, 0.6) is 0 Å². The Balaban J connectivity index is 1.90. The SMILES string of the molecule is CC(C)c1cc(C(=O)N2CCCOC(CF)C2)nn1-c1ccccc1. The fraction of sp³-hybridized carbons (Fsp3) is 0.474. The van der Waals surface area contributed by atoms with Crippen molar-refractivity contribution in [2.24, 2.45) is 0 Å². The summed E-state index contributed by atoms with van der Waals surface area (Å²) in [5.41, 5.74) is 2.29. The van der Waals surface area contributed by atoms with Gasteiger partial charge in [0.2, 0.25) is 0 Å². The van der Waals surface area contributed by atoms with Crippen LogP contribution < -0.4 is 0 Å². The number of alkyl halides is 1. The molecule has 1 aliphatic heterocycles. The predicted molar refractivity (Wildman–Crippen MR) is 93.9 cm³/mol. The lowest BCUT2D eigenvalue weighted by Gasteiger charge is -2.21. The monoisotopic (exact) mass is 345 g/mol. The molecule has 1 aromatic carbocycles. The highest BCUT2D eigenvalue weighted by Gasteiger charge is 2.26. The lowest BCUT2D eigenvalue weighted by Crippen LogP contribution is -2.37. The molecule has 0 radical (unpaired) electrons. The number of hydrogen-bond acceptors (Lipinski definition) is 3. The van der Waals surface area contributed by atoms with Gasteiger partial charge in [-0.1, -0.05) is 32.0 Å². The molecule has 1 amide bonds. The average molecular weight is 345 g/mol. The Morgan fingerprint density at radius 2 is 2.12 bits per heavy atom. The van der Waals surface area contributed by atoms with Gasteiger partial charge in [0.05, 0.1) is 5.69 Å². The summed E-state index contributed by atoms with van der Waals surface area (Å²) in [4.78, 5) is 14.6. The molecule has 1 fully saturated rings. The molecule has 134 valence electrons. The van der Waals surface area contributed by atoms with Gasteiger partial charge in [-0.3, -0.25) is 4.79 Å². The Morgan fingerprint density at radius 1 is 1.36 bits per heavy atom. The highest BCUT2D eigenvalue weighted by molar-refractivity contribution is 5.92. The summed E-state index contributed by atoms with van der Waals surface area (Å²) in [5, 5.41) is 4.55. The molecule has 0 saturated carbocycles. The van der Waals surface area contributed by atoms with Crippen molar-refractivity contribution in [2.75, 3.05) is 26.4 Å². The minimum absolute atomic E-state index is 0.166. The van der Waals surface area contributed by atoms with Crippen LogP contribution in [0.25, 0.3) is 5.69 Å². The average Bonchev–Trinajstić information content (AvgIpc) is 2.94. The number of para-hydroxylation sites is 1. The third kappa shape index (κ3) is 3.90. The maximum absolute atomic E-state index is 13.0. The zero-order valence-electron chi connectivity index (χ0n) is 14.7. The normalized spacial score (nSPS) is 18.4. The summed E-state index contributed by atoms with van der Waals surface area (Å²) < 4.78 is 20.2. The molecule has 1 atom stereocenters. The molecule has 0 N–H and O–H groups in total. The molecule has 2 aromatic rings. The minimum atomic E-state index is -0.584. The van der Waals surface area contributed by atoms with E-state index in [9.17, 15) is 9.18 Å². The fourth-order valence-electron chi connectivity index (χ4n) is 3.02. The topological polar surface area (TPSA) is 47.4 Å². The Kier molecular flexibility index (Phi) is 5.48. The van der Waals surface area contributed by atoms with Crippen molar-refractivity contribution in [1.82, 2.24) is 14.7 Å². The molecule has 0 spiro atoms. The van der Waals surface area contributed by atoms with E-state index in [4.69, 9.17) is 4.74 Å². The van der Waals surface area contributed by atoms with E-state index in [0.29, 0.717) is 25.3 Å². The number of aromatic nitrogens is 2. The molecule has 1 aliphatic rings. The molecule has 0 bridgehead atoms. The summed E-state index contributed by atoms with van der Waals surface area (Å²) in [7, 11) is 0. The largest absolute Gasteiger partial charge is 0.374 e. The number of nitrogens with zero attached hydrogens (tertiary/aromatic N) is 3. The first-order valence-electron chi connectivity index (χ1n) is 8.72. The summed E-state index contributed by atoms with van der Waals surface area (Å²) in [6.07, 6.45) is 0.158. The van der Waals surface area contributed by atoms with Crippen LogP contribution in [0, 0.1) is 0 Å². The molecule has 5 nitrogen and oxygen atoms in total. The molecule has 3 rings (SSSR count). The van der Waals surface area contributed by atoms with Gasteiger partial charge in [-0.15, -0.1) is 0 Å². The highest BCUT2D eigenvalue weighted by Crippen LogP contribution is 2.21. The Hall–Kier alpha value is -2.21. The van der Waals surface area contributed by atoms with Crippen molar-refractivity contribution < 1.29 is 13.9 Å². The van der Waals surface area contributed by atoms with Crippen molar-refractivity contribution in [3.63, 3.8) is 0 Å². The van der Waals surface area contributed by atoms with Crippen LogP contribution in [-0.2, 0) is 4.74 Å². The zero-order valence-corrected chi connectivity index (χ0v) is 14.7. The van der Waals surface area contributed by atoms with E-state index in [0.717, 1.165) is 11.4 Å². The van der Waals surface area contributed by atoms with E-state index in [-0.39, 0.29) is 18.4 Å². The molecule has 6 heteroatoms. The van der Waals surface area contributed by atoms with Crippen LogP contribution in [0.2, 0.25) is 0 Å². The number of carbonyl (C=O) groups excluding carboxylic acids is 1. The second kappa shape index (κ2) is 7.78. The summed E-state index contributed by atoms with van der Waals surface area (Å²) >= 11 is 0. The number of ether oxygens (including phenoxy) is 1. The van der Waals surface area contributed by atoms with E-state index >= 15 is 0 Å². The van der Waals surface area contributed by atoms with Crippen molar-refractivity contribution in [1.29, 1.82) is 0 Å². The number of benzene rings is 1. The van der Waals surface area contributed by atoms with Gasteiger partial charge < -0.3 is 9.64 Å². The quantitative estimate of drug-likeness (QED) is 0.855. The van der Waals surface area contributed by atoms with Crippen LogP contribution in [-0.4, -0.2) is 53.1 Å². The standard InChI is InChI=1S/C19H24FN3O2/c1-14(2)18-11-17(21-23(18)15-7-4-3-5-8-15)19(24)22-9-6-10-25-16(12-20)13-22/h3-5,7-8,11,14,16H,6,9-10,12-13H2,1-2H3. The van der Waals surface area contributed by atoms with Gasteiger partial charge in [0.15, 0.2) is 5.69 Å². The maximum atomic E-state index is 13.0. The van der Waals surface area contributed by atoms with Crippen LogP contribution in [0.1, 0.15) is 42.4 Å². The lowest BCUT2D eigenvalue weighted by atomic mass is 10.1. The number of hydrogen-bond donors (Lipinski definition) is 0. The Bertz CT molecular complexity index is 715. The van der Waals surface area contributed by atoms with Crippen LogP contribution in [0.3, 0.4) is 0 Å². The lowest BCUT2D eigenvalue weighted by molar-refractivity contribution is 0.0341. The van der Waals surface area contributed by atoms with Gasteiger partial charge in [0, 0.05) is 25.4 Å². The Labute approximate surface area is 147 Å². The first-order chi connectivity index (χ1) is 12.1. The van der Waals surface area contributed by atoms with Crippen molar-refractivity contribution >= 4 is 5.91 Å². The van der Waals surface area contributed by atoms with Crippen molar-refractivity contribution in [2.45, 2.75) is 32.3 Å². The van der Waals surface area contributed by atoms with E-state index in [1.165, 1.54) is 0 Å². The van der Waals surface area contributed by atoms with Gasteiger partial charge in [-0.25, -0.2) is 9.07 Å². The van der Waals surface area contributed by atoms with Gasteiger partial charge in [0.25, 0.3) is 5.91 Å². The van der Waals surface area contributed by atoms with E-state index in [1.807, 2.05) is 41.1 Å². The van der Waals surface area contributed by atoms with Crippen LogP contribution in [0.4, 0.5) is 4.39 Å². The van der Waals surface area contributed by atoms with Gasteiger partial charge in [-0.05, 0) is 30.5 Å². The first kappa shape index (κ1) is 17.6. The summed E-state index contributed by atoms with van der Waals surface area (Å²) in [6, 6.07) is 11.6. The van der Waals surface area contributed by atoms with Crippen molar-refractivity contribution in [3.05, 3.63) is 47.8 Å². The van der Waals surface area contributed by atoms with Crippen molar-refractivity contribution in [3.8, 4) is 5.69 Å². The molecule has 1 unspecified atom stereocenters. The number of amides is 1. The summed E-state index contributed by atoms with van der Waals surface area (Å²) in [6.45, 7) is 4.87. The molecular weight excluding hydrogens is 321 g/mol. The summed E-state index contributed by atoms with van der Waals surface area (Å²) in [5.74, 6) is 0.0563. The first-order valence-corrected chi connectivity index (χ1v) is 8.72. The maximum Gasteiger partial charge on any atom is 0.274 e. The third-order valence-electron chi connectivity index (χ3n) is 4.36. The fourth-order valence-corrected chi connectivity index (χ4v) is 3.02. The highest BCUT2D eigenvalue weighted by atomic mass is 19.1. The number of halogens is 1. The van der Waals surface area contributed by atoms with E-state index < -0.39 is 12.8 Å². The van der Waals surface area contributed by atoms with Gasteiger partial charge in [0.1, 0.15) is 12.8 Å². The van der Waals surface area contributed by atoms with Gasteiger partial charge in [-0.2, -0.15) is 5.10 Å². The number of rotatable bonds is 4. The second-order valence-corrected chi connectivity index (χ2v) is 6.61. The molecule has 1 aromatic heterocycles. The minimum Gasteiger partial charge on any atom is -0.374 e. The smallest absolute Gasteiger partial charge is 0.274 e. The van der Waals surface area contributed by atoms with Gasteiger partial charge >= 0.3 is 0 Å². The molecule has 1 saturated heterocycles. The van der Waals surface area contributed by atoms with Crippen LogP contribution in [0.15, 0.2) is 36.4 Å². The molecular formula is C19H24FN3O2. The molecule has 25 heavy (non-hydrogen) atoms. The molecule has 0 aliphatic carbocycles. The third-order valence-corrected chi connectivity index (χ3v) is 4.36. The zero-order chi connectivity index (χ0) is 17.8. The second-order valence-electron chi connectivity index (χ2n) is 6.61. The molecule has 2 heterocycles. The predicted octanol–water partition coefficient (Wildman–Crippen LogP) is 3.20. The van der Waals surface area contributed by atoms with E-state index in [2.05, 4.69) is 18.9 Å². The number of carbonyl (C=O) groups is 1. The Morgan fingerprint density at radius 3 is 2.80 bits per heavy atom. The van der Waals surface area contributed by atoms with E-state index in [1.54, 1.807) is 4.90 Å². The van der Waals surface area contributed by atoms with Crippen LogP contribution >= 0.6 is 0 Å².